The van der Waals surface area contributed by atoms with Gasteiger partial charge in [-0.15, -0.1) is 0 Å². The van der Waals surface area contributed by atoms with Crippen LogP contribution in [0.1, 0.15) is 67.0 Å². The Labute approximate surface area is 179 Å². The lowest BCUT2D eigenvalue weighted by Crippen LogP contribution is -2.35. The molecule has 1 aromatic carbocycles. The van der Waals surface area contributed by atoms with Crippen LogP contribution in [0.25, 0.3) is 0 Å². The van der Waals surface area contributed by atoms with Crippen LogP contribution in [0.15, 0.2) is 47.5 Å². The second-order valence-corrected chi connectivity index (χ2v) is 10.5. The van der Waals surface area contributed by atoms with Crippen LogP contribution in [0.2, 0.25) is 0 Å². The zero-order valence-electron chi connectivity index (χ0n) is 17.6. The van der Waals surface area contributed by atoms with E-state index < -0.39 is 10.0 Å². The Morgan fingerprint density at radius 2 is 1.70 bits per heavy atom. The molecule has 1 amide bonds. The molecule has 1 saturated carbocycles. The summed E-state index contributed by atoms with van der Waals surface area (Å²) in [5.74, 6) is 0.179. The SMILES string of the molecule is Cn1cc(S(=O)(=O)N2CCCC2)cc1C(=O)NC(c1ccccc1)C1CCCCC1. The Morgan fingerprint density at radius 3 is 2.37 bits per heavy atom. The van der Waals surface area contributed by atoms with Crippen LogP contribution in [0, 0.1) is 5.92 Å². The van der Waals surface area contributed by atoms with Gasteiger partial charge in [0.25, 0.3) is 5.91 Å². The van der Waals surface area contributed by atoms with Gasteiger partial charge in [0.15, 0.2) is 0 Å². The van der Waals surface area contributed by atoms with Gasteiger partial charge in [0.05, 0.1) is 6.04 Å². The number of sulfonamides is 1. The van der Waals surface area contributed by atoms with Gasteiger partial charge in [-0.2, -0.15) is 4.31 Å². The molecule has 7 heteroatoms. The van der Waals surface area contributed by atoms with E-state index in [1.165, 1.54) is 29.6 Å². The number of amides is 1. The molecule has 2 aliphatic rings. The highest BCUT2D eigenvalue weighted by atomic mass is 32.2. The second-order valence-electron chi connectivity index (χ2n) is 8.54. The fourth-order valence-electron chi connectivity index (χ4n) is 4.79. The van der Waals surface area contributed by atoms with Crippen molar-refractivity contribution in [2.24, 2.45) is 13.0 Å². The molecule has 0 spiro atoms. The number of aromatic nitrogens is 1. The molecule has 2 fully saturated rings. The Bertz CT molecular complexity index is 972. The smallest absolute Gasteiger partial charge is 0.268 e. The van der Waals surface area contributed by atoms with E-state index in [-0.39, 0.29) is 16.8 Å². The van der Waals surface area contributed by atoms with E-state index in [9.17, 15) is 13.2 Å². The number of carbonyl (C=O) groups is 1. The summed E-state index contributed by atoms with van der Waals surface area (Å²) in [5, 5.41) is 3.23. The third-order valence-electron chi connectivity index (χ3n) is 6.48. The summed E-state index contributed by atoms with van der Waals surface area (Å²) in [4.78, 5) is 13.4. The van der Waals surface area contributed by atoms with Crippen LogP contribution < -0.4 is 5.32 Å². The first kappa shape index (κ1) is 21.1. The average molecular weight is 430 g/mol. The monoisotopic (exact) mass is 429 g/mol. The van der Waals surface area contributed by atoms with Crippen molar-refractivity contribution in [1.82, 2.24) is 14.2 Å². The van der Waals surface area contributed by atoms with Crippen molar-refractivity contribution >= 4 is 15.9 Å². The first-order chi connectivity index (χ1) is 14.5. The highest BCUT2D eigenvalue weighted by molar-refractivity contribution is 7.89. The average Bonchev–Trinajstić information content (AvgIpc) is 3.44. The molecule has 2 heterocycles. The molecule has 0 bridgehead atoms. The Kier molecular flexibility index (Phi) is 6.29. The van der Waals surface area contributed by atoms with Crippen LogP contribution in [-0.2, 0) is 17.1 Å². The number of benzene rings is 1. The number of nitrogens with one attached hydrogen (secondary N) is 1. The van der Waals surface area contributed by atoms with Crippen molar-refractivity contribution in [3.8, 4) is 0 Å². The summed E-state index contributed by atoms with van der Waals surface area (Å²) in [5.41, 5.74) is 1.49. The summed E-state index contributed by atoms with van der Waals surface area (Å²) in [6.07, 6.45) is 9.16. The highest BCUT2D eigenvalue weighted by Crippen LogP contribution is 2.34. The van der Waals surface area contributed by atoms with Gasteiger partial charge >= 0.3 is 0 Å². The van der Waals surface area contributed by atoms with Crippen LogP contribution in [0.3, 0.4) is 0 Å². The molecular formula is C23H31N3O3S. The van der Waals surface area contributed by atoms with E-state index in [4.69, 9.17) is 0 Å². The molecule has 0 radical (unpaired) electrons. The lowest BCUT2D eigenvalue weighted by atomic mass is 9.81. The van der Waals surface area contributed by atoms with E-state index >= 15 is 0 Å². The number of aryl methyl sites for hydroxylation is 1. The molecule has 1 aliphatic heterocycles. The number of carbonyl (C=O) groups excluding carboxylic acids is 1. The topological polar surface area (TPSA) is 71.4 Å². The molecule has 4 rings (SSSR count). The lowest BCUT2D eigenvalue weighted by molar-refractivity contribution is 0.0904. The van der Waals surface area contributed by atoms with E-state index in [1.807, 2.05) is 18.2 Å². The molecule has 30 heavy (non-hydrogen) atoms. The van der Waals surface area contributed by atoms with Crippen molar-refractivity contribution in [1.29, 1.82) is 0 Å². The van der Waals surface area contributed by atoms with Crippen molar-refractivity contribution in [2.75, 3.05) is 13.1 Å². The molecule has 2 aromatic rings. The first-order valence-corrected chi connectivity index (χ1v) is 12.4. The zero-order valence-corrected chi connectivity index (χ0v) is 18.4. The zero-order chi connectivity index (χ0) is 21.1. The number of hydrogen-bond donors (Lipinski definition) is 1. The standard InChI is InChI=1S/C23H31N3O3S/c1-25-17-20(30(28,29)26-14-8-9-15-26)16-21(25)23(27)24-22(18-10-4-2-5-11-18)19-12-6-3-7-13-19/h2,4-5,10-11,16-17,19,22H,3,6-9,12-15H2,1H3,(H,24,27). The van der Waals surface area contributed by atoms with Gasteiger partial charge in [0.2, 0.25) is 10.0 Å². The fraction of sp³-hybridized carbons (Fsp3) is 0.522. The van der Waals surface area contributed by atoms with Gasteiger partial charge in [-0.3, -0.25) is 4.79 Å². The quantitative estimate of drug-likeness (QED) is 0.758. The number of hydrogen-bond acceptors (Lipinski definition) is 3. The molecule has 1 saturated heterocycles. The number of nitrogens with zero attached hydrogens (tertiary/aromatic N) is 2. The minimum Gasteiger partial charge on any atom is -0.345 e. The second kappa shape index (κ2) is 8.94. The minimum atomic E-state index is -3.54. The van der Waals surface area contributed by atoms with Crippen molar-refractivity contribution < 1.29 is 13.2 Å². The molecule has 1 N–H and O–H groups in total. The largest absolute Gasteiger partial charge is 0.345 e. The van der Waals surface area contributed by atoms with Crippen LogP contribution >= 0.6 is 0 Å². The Morgan fingerprint density at radius 1 is 1.03 bits per heavy atom. The lowest BCUT2D eigenvalue weighted by Gasteiger charge is -2.31. The molecule has 1 unspecified atom stereocenters. The maximum absolute atomic E-state index is 13.2. The van der Waals surface area contributed by atoms with Gasteiger partial charge in [-0.1, -0.05) is 49.6 Å². The fourth-order valence-corrected chi connectivity index (χ4v) is 6.38. The first-order valence-electron chi connectivity index (χ1n) is 11.0. The summed E-state index contributed by atoms with van der Waals surface area (Å²) < 4.78 is 28.9. The third kappa shape index (κ3) is 4.32. The number of rotatable bonds is 6. The van der Waals surface area contributed by atoms with E-state index in [2.05, 4.69) is 17.4 Å². The summed E-state index contributed by atoms with van der Waals surface area (Å²) in [6, 6.07) is 11.6. The Balaban J connectivity index is 1.57. The van der Waals surface area contributed by atoms with Gasteiger partial charge in [0, 0.05) is 26.3 Å². The van der Waals surface area contributed by atoms with Gasteiger partial charge in [0.1, 0.15) is 10.6 Å². The molecule has 1 atom stereocenters. The molecule has 162 valence electrons. The minimum absolute atomic E-state index is 0.0625. The van der Waals surface area contributed by atoms with E-state index in [0.717, 1.165) is 31.2 Å². The van der Waals surface area contributed by atoms with Crippen molar-refractivity contribution in [2.45, 2.75) is 55.9 Å². The summed E-state index contributed by atoms with van der Waals surface area (Å²) in [6.45, 7) is 1.10. The summed E-state index contributed by atoms with van der Waals surface area (Å²) in [7, 11) is -1.81. The van der Waals surface area contributed by atoms with Crippen molar-refractivity contribution in [3.05, 3.63) is 53.9 Å². The van der Waals surface area contributed by atoms with Crippen LogP contribution in [0.5, 0.6) is 0 Å². The molecule has 1 aliphatic carbocycles. The highest BCUT2D eigenvalue weighted by Gasteiger charge is 2.31. The van der Waals surface area contributed by atoms with Crippen molar-refractivity contribution in [3.63, 3.8) is 0 Å². The Hall–Kier alpha value is -2.12. The maximum atomic E-state index is 13.2. The molecule has 6 nitrogen and oxygen atoms in total. The normalized spacial score (nSPS) is 19.6. The van der Waals surface area contributed by atoms with Gasteiger partial charge in [-0.05, 0) is 43.2 Å². The van der Waals surface area contributed by atoms with Crippen LogP contribution in [-0.4, -0.2) is 36.3 Å². The maximum Gasteiger partial charge on any atom is 0.268 e. The van der Waals surface area contributed by atoms with E-state index in [0.29, 0.717) is 24.7 Å². The predicted octanol–water partition coefficient (Wildman–Crippen LogP) is 3.86. The third-order valence-corrected chi connectivity index (χ3v) is 8.35. The molecule has 1 aromatic heterocycles. The van der Waals surface area contributed by atoms with Crippen LogP contribution in [0.4, 0.5) is 0 Å². The molecular weight excluding hydrogens is 398 g/mol. The van der Waals surface area contributed by atoms with E-state index in [1.54, 1.807) is 17.8 Å². The summed E-state index contributed by atoms with van der Waals surface area (Å²) >= 11 is 0. The van der Waals surface area contributed by atoms with Gasteiger partial charge in [-0.25, -0.2) is 8.42 Å². The predicted molar refractivity (Wildman–Crippen MR) is 117 cm³/mol. The van der Waals surface area contributed by atoms with Gasteiger partial charge < -0.3 is 9.88 Å².